The SMILES string of the molecule is CC(C)(C)OC(=O)n1c(CO)cc2c(C(=O)OCc3ccccc3)cccc21. The number of carbonyl (C=O) groups excluding carboxylic acids is 2. The van der Waals surface area contributed by atoms with Gasteiger partial charge in [0.15, 0.2) is 0 Å². The average molecular weight is 381 g/mol. The number of carbonyl (C=O) groups is 2. The maximum absolute atomic E-state index is 12.6. The molecule has 0 radical (unpaired) electrons. The third kappa shape index (κ3) is 4.23. The van der Waals surface area contributed by atoms with Gasteiger partial charge in [0, 0.05) is 5.39 Å². The van der Waals surface area contributed by atoms with E-state index in [2.05, 4.69) is 0 Å². The third-order valence-electron chi connectivity index (χ3n) is 4.09. The summed E-state index contributed by atoms with van der Waals surface area (Å²) < 4.78 is 12.1. The van der Waals surface area contributed by atoms with E-state index in [4.69, 9.17) is 9.47 Å². The van der Waals surface area contributed by atoms with Gasteiger partial charge in [-0.05, 0) is 44.5 Å². The van der Waals surface area contributed by atoms with Gasteiger partial charge in [-0.1, -0.05) is 36.4 Å². The second-order valence-electron chi connectivity index (χ2n) is 7.41. The molecule has 0 unspecified atom stereocenters. The van der Waals surface area contributed by atoms with E-state index in [0.717, 1.165) is 5.56 Å². The molecule has 146 valence electrons. The number of benzene rings is 2. The average Bonchev–Trinajstić information content (AvgIpc) is 3.04. The number of aliphatic hydroxyl groups is 1. The largest absolute Gasteiger partial charge is 0.457 e. The van der Waals surface area contributed by atoms with Crippen molar-refractivity contribution in [1.29, 1.82) is 0 Å². The molecule has 0 aliphatic heterocycles. The van der Waals surface area contributed by atoms with Crippen LogP contribution in [-0.2, 0) is 22.7 Å². The predicted molar refractivity (Wildman–Crippen MR) is 105 cm³/mol. The topological polar surface area (TPSA) is 77.8 Å². The molecule has 2 aromatic carbocycles. The maximum Gasteiger partial charge on any atom is 0.419 e. The van der Waals surface area contributed by atoms with Gasteiger partial charge in [0.25, 0.3) is 0 Å². The molecule has 3 rings (SSSR count). The summed E-state index contributed by atoms with van der Waals surface area (Å²) in [4.78, 5) is 25.2. The lowest BCUT2D eigenvalue weighted by atomic mass is 10.1. The Morgan fingerprint density at radius 3 is 2.39 bits per heavy atom. The van der Waals surface area contributed by atoms with E-state index in [-0.39, 0.29) is 13.2 Å². The molecule has 6 heteroatoms. The fourth-order valence-electron chi connectivity index (χ4n) is 2.90. The van der Waals surface area contributed by atoms with Gasteiger partial charge in [0.05, 0.1) is 23.4 Å². The standard InChI is InChI=1S/C22H23NO5/c1-22(2,3)28-21(26)23-16(13-24)12-18-17(10-7-11-19(18)23)20(25)27-14-15-8-5-4-6-9-15/h4-12,24H,13-14H2,1-3H3. The second-order valence-corrected chi connectivity index (χ2v) is 7.41. The highest BCUT2D eigenvalue weighted by Crippen LogP contribution is 2.26. The minimum absolute atomic E-state index is 0.149. The number of fused-ring (bicyclic) bond motifs is 1. The van der Waals surface area contributed by atoms with Crippen LogP contribution in [0.15, 0.2) is 54.6 Å². The Balaban J connectivity index is 1.94. The van der Waals surface area contributed by atoms with Crippen LogP contribution in [0.2, 0.25) is 0 Å². The van der Waals surface area contributed by atoms with Crippen LogP contribution < -0.4 is 0 Å². The first-order valence-corrected chi connectivity index (χ1v) is 8.99. The summed E-state index contributed by atoms with van der Waals surface area (Å²) in [5.74, 6) is -0.500. The molecule has 0 bridgehead atoms. The van der Waals surface area contributed by atoms with Gasteiger partial charge >= 0.3 is 12.1 Å². The zero-order valence-corrected chi connectivity index (χ0v) is 16.1. The van der Waals surface area contributed by atoms with E-state index < -0.39 is 17.7 Å². The lowest BCUT2D eigenvalue weighted by molar-refractivity contribution is 0.0473. The van der Waals surface area contributed by atoms with Crippen molar-refractivity contribution in [1.82, 2.24) is 4.57 Å². The summed E-state index contributed by atoms with van der Waals surface area (Å²) in [6.45, 7) is 5.08. The number of hydrogen-bond donors (Lipinski definition) is 1. The van der Waals surface area contributed by atoms with E-state index in [0.29, 0.717) is 22.2 Å². The lowest BCUT2D eigenvalue weighted by Gasteiger charge is -2.20. The summed E-state index contributed by atoms with van der Waals surface area (Å²) in [5, 5.41) is 10.2. The van der Waals surface area contributed by atoms with Crippen LogP contribution >= 0.6 is 0 Å². The Labute approximate surface area is 163 Å². The van der Waals surface area contributed by atoms with Crippen LogP contribution in [0, 0.1) is 0 Å². The molecule has 28 heavy (non-hydrogen) atoms. The molecule has 1 N–H and O–H groups in total. The smallest absolute Gasteiger partial charge is 0.419 e. The number of hydrogen-bond acceptors (Lipinski definition) is 5. The number of esters is 1. The summed E-state index contributed by atoms with van der Waals surface area (Å²) in [6, 6.07) is 16.0. The van der Waals surface area contributed by atoms with Crippen LogP contribution in [0.4, 0.5) is 4.79 Å². The van der Waals surface area contributed by atoms with Crippen LogP contribution in [-0.4, -0.2) is 27.3 Å². The van der Waals surface area contributed by atoms with Gasteiger partial charge in [-0.25, -0.2) is 14.2 Å². The molecule has 0 atom stereocenters. The number of ether oxygens (including phenoxy) is 2. The molecular formula is C22H23NO5. The molecule has 6 nitrogen and oxygen atoms in total. The molecule has 0 spiro atoms. The van der Waals surface area contributed by atoms with Crippen LogP contribution in [0.5, 0.6) is 0 Å². The number of nitrogens with zero attached hydrogens (tertiary/aromatic N) is 1. The van der Waals surface area contributed by atoms with Crippen molar-refractivity contribution in [2.45, 2.75) is 39.6 Å². The highest BCUT2D eigenvalue weighted by molar-refractivity contribution is 6.06. The van der Waals surface area contributed by atoms with Crippen molar-refractivity contribution in [3.05, 3.63) is 71.4 Å². The minimum atomic E-state index is -0.688. The molecule has 1 aromatic heterocycles. The van der Waals surface area contributed by atoms with Crippen molar-refractivity contribution in [3.8, 4) is 0 Å². The fraction of sp³-hybridized carbons (Fsp3) is 0.273. The van der Waals surface area contributed by atoms with E-state index in [1.54, 1.807) is 45.0 Å². The minimum Gasteiger partial charge on any atom is -0.457 e. The zero-order valence-electron chi connectivity index (χ0n) is 16.1. The number of aromatic nitrogens is 1. The zero-order chi connectivity index (χ0) is 20.3. The predicted octanol–water partition coefficient (Wildman–Crippen LogP) is 4.27. The summed E-state index contributed by atoms with van der Waals surface area (Å²) in [6.07, 6.45) is -0.610. The first-order chi connectivity index (χ1) is 13.3. The highest BCUT2D eigenvalue weighted by Gasteiger charge is 2.24. The van der Waals surface area contributed by atoms with Crippen LogP contribution in [0.25, 0.3) is 10.9 Å². The number of rotatable bonds is 4. The normalized spacial score (nSPS) is 11.4. The van der Waals surface area contributed by atoms with Gasteiger partial charge in [0.2, 0.25) is 0 Å². The molecule has 0 amide bonds. The van der Waals surface area contributed by atoms with Gasteiger partial charge in [-0.2, -0.15) is 0 Å². The Morgan fingerprint density at radius 1 is 1.04 bits per heavy atom. The molecule has 0 saturated heterocycles. The molecule has 0 saturated carbocycles. The van der Waals surface area contributed by atoms with Crippen LogP contribution in [0.1, 0.15) is 42.4 Å². The van der Waals surface area contributed by atoms with E-state index in [1.807, 2.05) is 30.3 Å². The molecule has 0 fully saturated rings. The van der Waals surface area contributed by atoms with Crippen molar-refractivity contribution in [2.75, 3.05) is 0 Å². The van der Waals surface area contributed by atoms with Crippen molar-refractivity contribution >= 4 is 23.0 Å². The highest BCUT2D eigenvalue weighted by atomic mass is 16.6. The van der Waals surface area contributed by atoms with E-state index in [9.17, 15) is 14.7 Å². The Kier molecular flexibility index (Phi) is 5.51. The van der Waals surface area contributed by atoms with Crippen molar-refractivity contribution in [3.63, 3.8) is 0 Å². The van der Waals surface area contributed by atoms with Crippen LogP contribution in [0.3, 0.4) is 0 Å². The Hall–Kier alpha value is -3.12. The summed E-state index contributed by atoms with van der Waals surface area (Å²) in [7, 11) is 0. The van der Waals surface area contributed by atoms with Crippen molar-refractivity contribution in [2.24, 2.45) is 0 Å². The molecule has 1 heterocycles. The summed E-state index contributed by atoms with van der Waals surface area (Å²) in [5.41, 5.74) is 1.34. The lowest BCUT2D eigenvalue weighted by Crippen LogP contribution is -2.28. The first kappa shape index (κ1) is 19.6. The van der Waals surface area contributed by atoms with E-state index >= 15 is 0 Å². The van der Waals surface area contributed by atoms with Crippen molar-refractivity contribution < 1.29 is 24.2 Å². The van der Waals surface area contributed by atoms with E-state index in [1.165, 1.54) is 4.57 Å². The monoisotopic (exact) mass is 381 g/mol. The molecular weight excluding hydrogens is 358 g/mol. The van der Waals surface area contributed by atoms with Gasteiger partial charge < -0.3 is 14.6 Å². The molecule has 0 aliphatic carbocycles. The number of aliphatic hydroxyl groups excluding tert-OH is 1. The third-order valence-corrected chi connectivity index (χ3v) is 4.09. The van der Waals surface area contributed by atoms with Gasteiger partial charge in [-0.15, -0.1) is 0 Å². The Morgan fingerprint density at radius 2 is 1.75 bits per heavy atom. The van der Waals surface area contributed by atoms with Gasteiger partial charge in [0.1, 0.15) is 12.2 Å². The fourth-order valence-corrected chi connectivity index (χ4v) is 2.90. The Bertz CT molecular complexity index is 999. The first-order valence-electron chi connectivity index (χ1n) is 8.99. The second kappa shape index (κ2) is 7.86. The van der Waals surface area contributed by atoms with Gasteiger partial charge in [-0.3, -0.25) is 0 Å². The molecule has 0 aliphatic rings. The summed E-state index contributed by atoms with van der Waals surface area (Å²) >= 11 is 0. The maximum atomic E-state index is 12.6. The molecule has 3 aromatic rings. The quantitative estimate of drug-likeness (QED) is 0.683.